The highest BCUT2D eigenvalue weighted by Crippen LogP contribution is 2.33. The molecule has 3 heterocycles. The summed E-state index contributed by atoms with van der Waals surface area (Å²) in [5, 5.41) is 12.2. The Balaban J connectivity index is 1.56. The summed E-state index contributed by atoms with van der Waals surface area (Å²) in [6.45, 7) is 4.25. The molecule has 25 heavy (non-hydrogen) atoms. The number of aromatic amines is 1. The highest BCUT2D eigenvalue weighted by atomic mass is 16.5. The number of benzene rings is 1. The van der Waals surface area contributed by atoms with Crippen LogP contribution < -0.4 is 5.32 Å². The SMILES string of the molecule is O=C1Nc2ccc(CO)cc2/C1=C\c1ccc(CN2CCOCC2)[nH]1. The topological polar surface area (TPSA) is 77.6 Å². The van der Waals surface area contributed by atoms with Crippen molar-refractivity contribution in [2.75, 3.05) is 31.6 Å². The van der Waals surface area contributed by atoms with Gasteiger partial charge >= 0.3 is 0 Å². The lowest BCUT2D eigenvalue weighted by Gasteiger charge is -2.25. The summed E-state index contributed by atoms with van der Waals surface area (Å²) in [5.74, 6) is -0.116. The van der Waals surface area contributed by atoms with E-state index in [-0.39, 0.29) is 12.5 Å². The lowest BCUT2D eigenvalue weighted by molar-refractivity contribution is -0.110. The largest absolute Gasteiger partial charge is 0.392 e. The minimum atomic E-state index is -0.116. The van der Waals surface area contributed by atoms with Crippen LogP contribution in [0.3, 0.4) is 0 Å². The Hall–Kier alpha value is -2.41. The Morgan fingerprint density at radius 1 is 1.20 bits per heavy atom. The number of H-pyrrole nitrogens is 1. The number of anilines is 1. The predicted octanol–water partition coefficient (Wildman–Crippen LogP) is 1.83. The van der Waals surface area contributed by atoms with E-state index in [1.165, 1.54) is 0 Å². The Labute approximate surface area is 146 Å². The van der Waals surface area contributed by atoms with Crippen LogP contribution >= 0.6 is 0 Å². The monoisotopic (exact) mass is 339 g/mol. The molecule has 0 bridgehead atoms. The molecule has 0 unspecified atom stereocenters. The number of hydrogen-bond acceptors (Lipinski definition) is 4. The van der Waals surface area contributed by atoms with Crippen molar-refractivity contribution in [3.8, 4) is 0 Å². The van der Waals surface area contributed by atoms with Gasteiger partial charge in [0, 0.05) is 42.3 Å². The van der Waals surface area contributed by atoms with Gasteiger partial charge in [-0.1, -0.05) is 6.07 Å². The minimum Gasteiger partial charge on any atom is -0.392 e. The molecule has 2 aromatic rings. The second-order valence-electron chi connectivity index (χ2n) is 6.38. The fourth-order valence-electron chi connectivity index (χ4n) is 3.27. The molecule has 0 spiro atoms. The minimum absolute atomic E-state index is 0.0407. The van der Waals surface area contributed by atoms with E-state index in [0.29, 0.717) is 5.57 Å². The summed E-state index contributed by atoms with van der Waals surface area (Å²) in [6, 6.07) is 9.55. The summed E-state index contributed by atoms with van der Waals surface area (Å²) in [5.41, 5.74) is 5.05. The number of aromatic nitrogens is 1. The zero-order chi connectivity index (χ0) is 17.2. The van der Waals surface area contributed by atoms with Gasteiger partial charge in [0.05, 0.1) is 25.4 Å². The standard InChI is InChI=1S/C19H21N3O3/c23-12-13-1-4-18-16(9-13)17(19(24)21-18)10-14-2-3-15(20-14)11-22-5-7-25-8-6-22/h1-4,9-10,20,23H,5-8,11-12H2,(H,21,24)/b17-10+. The van der Waals surface area contributed by atoms with Crippen LogP contribution in [0.5, 0.6) is 0 Å². The number of carbonyl (C=O) groups is 1. The first-order valence-corrected chi connectivity index (χ1v) is 8.48. The number of nitrogens with zero attached hydrogens (tertiary/aromatic N) is 1. The van der Waals surface area contributed by atoms with E-state index >= 15 is 0 Å². The van der Waals surface area contributed by atoms with Crippen LogP contribution in [0.4, 0.5) is 5.69 Å². The van der Waals surface area contributed by atoms with E-state index in [9.17, 15) is 9.90 Å². The molecule has 2 aliphatic rings. The number of amides is 1. The fourth-order valence-corrected chi connectivity index (χ4v) is 3.27. The smallest absolute Gasteiger partial charge is 0.256 e. The lowest BCUT2D eigenvalue weighted by atomic mass is 10.0. The molecule has 1 aromatic heterocycles. The van der Waals surface area contributed by atoms with Gasteiger partial charge < -0.3 is 20.1 Å². The predicted molar refractivity (Wildman–Crippen MR) is 95.8 cm³/mol. The maximum Gasteiger partial charge on any atom is 0.256 e. The maximum absolute atomic E-state index is 12.3. The van der Waals surface area contributed by atoms with Crippen LogP contribution in [0.25, 0.3) is 11.6 Å². The first-order chi connectivity index (χ1) is 12.2. The van der Waals surface area contributed by atoms with Gasteiger partial charge in [-0.15, -0.1) is 0 Å². The van der Waals surface area contributed by atoms with Crippen molar-refractivity contribution in [1.82, 2.24) is 9.88 Å². The summed E-state index contributed by atoms with van der Waals surface area (Å²) in [6.07, 6.45) is 1.87. The number of nitrogens with one attached hydrogen (secondary N) is 2. The summed E-state index contributed by atoms with van der Waals surface area (Å²) in [4.78, 5) is 18.0. The zero-order valence-electron chi connectivity index (χ0n) is 13.9. The van der Waals surface area contributed by atoms with Gasteiger partial charge in [0.1, 0.15) is 0 Å². The average Bonchev–Trinajstić information content (AvgIpc) is 3.20. The van der Waals surface area contributed by atoms with Crippen LogP contribution in [0.1, 0.15) is 22.5 Å². The van der Waals surface area contributed by atoms with Crippen molar-refractivity contribution in [2.45, 2.75) is 13.2 Å². The number of aliphatic hydroxyl groups is 1. The van der Waals surface area contributed by atoms with Crippen LogP contribution in [-0.2, 0) is 22.7 Å². The molecule has 0 atom stereocenters. The summed E-state index contributed by atoms with van der Waals surface area (Å²) < 4.78 is 5.37. The zero-order valence-corrected chi connectivity index (χ0v) is 13.9. The van der Waals surface area contributed by atoms with Crippen LogP contribution in [0.2, 0.25) is 0 Å². The number of hydrogen-bond donors (Lipinski definition) is 3. The molecule has 4 rings (SSSR count). The summed E-state index contributed by atoms with van der Waals surface area (Å²) >= 11 is 0. The van der Waals surface area contributed by atoms with Crippen LogP contribution in [0, 0.1) is 0 Å². The molecule has 6 heteroatoms. The average molecular weight is 339 g/mol. The van der Waals surface area contributed by atoms with Crippen molar-refractivity contribution in [3.05, 3.63) is 52.8 Å². The Morgan fingerprint density at radius 3 is 2.84 bits per heavy atom. The van der Waals surface area contributed by atoms with Gasteiger partial charge in [0.25, 0.3) is 5.91 Å². The normalized spacial score (nSPS) is 19.2. The van der Waals surface area contributed by atoms with E-state index in [1.54, 1.807) is 0 Å². The third-order valence-corrected chi connectivity index (χ3v) is 4.62. The molecule has 6 nitrogen and oxygen atoms in total. The molecule has 1 aromatic carbocycles. The molecular weight excluding hydrogens is 318 g/mol. The van der Waals surface area contributed by atoms with Gasteiger partial charge in [-0.3, -0.25) is 9.69 Å². The van der Waals surface area contributed by atoms with Gasteiger partial charge in [-0.05, 0) is 35.9 Å². The van der Waals surface area contributed by atoms with Crippen molar-refractivity contribution in [3.63, 3.8) is 0 Å². The van der Waals surface area contributed by atoms with E-state index < -0.39 is 0 Å². The molecular formula is C19H21N3O3. The number of ether oxygens (including phenoxy) is 1. The number of aliphatic hydroxyl groups excluding tert-OH is 1. The first-order valence-electron chi connectivity index (χ1n) is 8.48. The molecule has 1 amide bonds. The number of carbonyl (C=O) groups excluding carboxylic acids is 1. The fraction of sp³-hybridized carbons (Fsp3) is 0.316. The Kier molecular flexibility index (Phi) is 4.40. The summed E-state index contributed by atoms with van der Waals surface area (Å²) in [7, 11) is 0. The molecule has 1 fully saturated rings. The first kappa shape index (κ1) is 16.1. The maximum atomic E-state index is 12.3. The molecule has 3 N–H and O–H groups in total. The molecule has 0 aliphatic carbocycles. The van der Waals surface area contributed by atoms with E-state index in [2.05, 4.69) is 21.3 Å². The van der Waals surface area contributed by atoms with Crippen molar-refractivity contribution >= 4 is 23.2 Å². The Bertz CT molecular complexity index is 819. The van der Waals surface area contributed by atoms with Gasteiger partial charge in [-0.2, -0.15) is 0 Å². The molecule has 2 aliphatic heterocycles. The second kappa shape index (κ2) is 6.84. The third kappa shape index (κ3) is 3.37. The molecule has 0 radical (unpaired) electrons. The van der Waals surface area contributed by atoms with Gasteiger partial charge in [0.15, 0.2) is 0 Å². The molecule has 130 valence electrons. The second-order valence-corrected chi connectivity index (χ2v) is 6.38. The van der Waals surface area contributed by atoms with Crippen LogP contribution in [0.15, 0.2) is 30.3 Å². The van der Waals surface area contributed by atoms with Crippen molar-refractivity contribution < 1.29 is 14.6 Å². The number of rotatable bonds is 4. The van der Waals surface area contributed by atoms with E-state index in [1.807, 2.05) is 30.3 Å². The van der Waals surface area contributed by atoms with Crippen molar-refractivity contribution in [2.24, 2.45) is 0 Å². The number of morpholine rings is 1. The lowest BCUT2D eigenvalue weighted by Crippen LogP contribution is -2.35. The third-order valence-electron chi connectivity index (χ3n) is 4.62. The van der Waals surface area contributed by atoms with Gasteiger partial charge in [-0.25, -0.2) is 0 Å². The highest BCUT2D eigenvalue weighted by molar-refractivity contribution is 6.34. The van der Waals surface area contributed by atoms with Gasteiger partial charge in [0.2, 0.25) is 0 Å². The molecule has 0 saturated carbocycles. The van der Waals surface area contributed by atoms with E-state index in [0.717, 1.165) is 61.1 Å². The Morgan fingerprint density at radius 2 is 2.04 bits per heavy atom. The quantitative estimate of drug-likeness (QED) is 0.743. The van der Waals surface area contributed by atoms with E-state index in [4.69, 9.17) is 4.74 Å². The van der Waals surface area contributed by atoms with Crippen LogP contribution in [-0.4, -0.2) is 47.2 Å². The molecule has 1 saturated heterocycles. The number of fused-ring (bicyclic) bond motifs is 1. The van der Waals surface area contributed by atoms with Crippen molar-refractivity contribution in [1.29, 1.82) is 0 Å². The highest BCUT2D eigenvalue weighted by Gasteiger charge is 2.24.